The number of aliphatic hydroxyl groups is 1. The minimum Gasteiger partial charge on any atom is -0.467 e. The van der Waals surface area contributed by atoms with Crippen LogP contribution in [0.4, 0.5) is 26.3 Å². The molecule has 0 fully saturated rings. The van der Waals surface area contributed by atoms with Gasteiger partial charge in [-0.3, -0.25) is 0 Å². The monoisotopic (exact) mass is 730 g/mol. The SMILES string of the molecule is C=C(C(=O)OC)c1ccc(Oc2ccc(Cl)cc2)cc1C(F)(F)F.COC(=O)C(C)(O)c1ccc(Oc2ccc(Cl)cc2)cc1C(F)(F)F. The number of hydrogen-bond donors (Lipinski definition) is 1. The summed E-state index contributed by atoms with van der Waals surface area (Å²) in [6, 6.07) is 18.3. The van der Waals surface area contributed by atoms with Crippen molar-refractivity contribution in [2.45, 2.75) is 24.9 Å². The van der Waals surface area contributed by atoms with Crippen LogP contribution in [0.3, 0.4) is 0 Å². The highest BCUT2D eigenvalue weighted by Gasteiger charge is 2.43. The van der Waals surface area contributed by atoms with Crippen LogP contribution in [0.1, 0.15) is 29.2 Å². The molecular formula is C34H26Cl2F6O7. The van der Waals surface area contributed by atoms with Crippen LogP contribution in [0.2, 0.25) is 10.0 Å². The molecule has 0 amide bonds. The Balaban J connectivity index is 0.000000266. The number of rotatable bonds is 8. The molecular weight excluding hydrogens is 705 g/mol. The van der Waals surface area contributed by atoms with Crippen molar-refractivity contribution in [3.63, 3.8) is 0 Å². The van der Waals surface area contributed by atoms with Crippen LogP contribution >= 0.6 is 23.2 Å². The lowest BCUT2D eigenvalue weighted by molar-refractivity contribution is -0.163. The van der Waals surface area contributed by atoms with Crippen molar-refractivity contribution < 1.29 is 60.0 Å². The van der Waals surface area contributed by atoms with Gasteiger partial charge in [-0.05, 0) is 85.8 Å². The van der Waals surface area contributed by atoms with Gasteiger partial charge in [-0.25, -0.2) is 9.59 Å². The second-order valence-electron chi connectivity index (χ2n) is 10.1. The van der Waals surface area contributed by atoms with E-state index in [1.165, 1.54) is 48.5 Å². The van der Waals surface area contributed by atoms with Crippen molar-refractivity contribution in [3.05, 3.63) is 124 Å². The first-order valence-corrected chi connectivity index (χ1v) is 14.4. The van der Waals surface area contributed by atoms with Crippen LogP contribution in [-0.2, 0) is 37.0 Å². The normalized spacial score (nSPS) is 12.5. The summed E-state index contributed by atoms with van der Waals surface area (Å²) in [5, 5.41) is 11.1. The van der Waals surface area contributed by atoms with E-state index in [1.807, 2.05) is 0 Å². The van der Waals surface area contributed by atoms with E-state index in [0.29, 0.717) is 21.9 Å². The minimum absolute atomic E-state index is 0.0361. The van der Waals surface area contributed by atoms with Gasteiger partial charge in [0.2, 0.25) is 0 Å². The number of benzene rings is 4. The van der Waals surface area contributed by atoms with E-state index in [-0.39, 0.29) is 28.4 Å². The zero-order chi connectivity index (χ0) is 36.7. The molecule has 0 aromatic heterocycles. The first-order chi connectivity index (χ1) is 22.8. The zero-order valence-electron chi connectivity index (χ0n) is 25.7. The van der Waals surface area contributed by atoms with Crippen LogP contribution in [-0.4, -0.2) is 31.3 Å². The molecule has 0 spiro atoms. The predicted molar refractivity (Wildman–Crippen MR) is 169 cm³/mol. The number of ether oxygens (including phenoxy) is 4. The van der Waals surface area contributed by atoms with Gasteiger partial charge in [-0.1, -0.05) is 35.8 Å². The highest BCUT2D eigenvalue weighted by molar-refractivity contribution is 6.30. The van der Waals surface area contributed by atoms with Crippen molar-refractivity contribution in [3.8, 4) is 23.0 Å². The number of carbonyl (C=O) groups is 2. The Kier molecular flexibility index (Phi) is 12.4. The lowest BCUT2D eigenvalue weighted by Gasteiger charge is -2.25. The largest absolute Gasteiger partial charge is 0.467 e. The Morgan fingerprint density at radius 2 is 1.04 bits per heavy atom. The quantitative estimate of drug-likeness (QED) is 0.110. The molecule has 1 unspecified atom stereocenters. The van der Waals surface area contributed by atoms with Crippen molar-refractivity contribution in [1.82, 2.24) is 0 Å². The second kappa shape index (κ2) is 15.7. The van der Waals surface area contributed by atoms with Gasteiger partial charge >= 0.3 is 24.3 Å². The summed E-state index contributed by atoms with van der Waals surface area (Å²) in [5.41, 5.74) is -6.08. The average molecular weight is 731 g/mol. The molecule has 0 saturated heterocycles. The van der Waals surface area contributed by atoms with E-state index in [0.717, 1.165) is 39.3 Å². The van der Waals surface area contributed by atoms with E-state index < -0.39 is 46.6 Å². The van der Waals surface area contributed by atoms with Crippen molar-refractivity contribution in [1.29, 1.82) is 0 Å². The maximum Gasteiger partial charge on any atom is 0.417 e. The van der Waals surface area contributed by atoms with E-state index in [9.17, 15) is 41.0 Å². The number of alkyl halides is 6. The predicted octanol–water partition coefficient (Wildman–Crippen LogP) is 9.87. The number of methoxy groups -OCH3 is 2. The molecule has 4 aromatic carbocycles. The van der Waals surface area contributed by atoms with Crippen LogP contribution in [0.5, 0.6) is 23.0 Å². The van der Waals surface area contributed by atoms with Gasteiger partial charge in [-0.2, -0.15) is 26.3 Å². The Hall–Kier alpha value is -4.72. The molecule has 4 rings (SSSR count). The third-order valence-electron chi connectivity index (χ3n) is 6.56. The van der Waals surface area contributed by atoms with E-state index >= 15 is 0 Å². The smallest absolute Gasteiger partial charge is 0.417 e. The number of hydrogen-bond acceptors (Lipinski definition) is 7. The lowest BCUT2D eigenvalue weighted by Crippen LogP contribution is -2.35. The Morgan fingerprint density at radius 3 is 1.45 bits per heavy atom. The molecule has 0 bridgehead atoms. The number of carbonyl (C=O) groups excluding carboxylic acids is 2. The maximum atomic E-state index is 13.4. The van der Waals surface area contributed by atoms with Crippen LogP contribution in [0.15, 0.2) is 91.5 Å². The molecule has 1 N–H and O–H groups in total. The van der Waals surface area contributed by atoms with Crippen molar-refractivity contribution in [2.75, 3.05) is 14.2 Å². The fourth-order valence-electron chi connectivity index (χ4n) is 4.15. The second-order valence-corrected chi connectivity index (χ2v) is 10.9. The summed E-state index contributed by atoms with van der Waals surface area (Å²) >= 11 is 11.5. The topological polar surface area (TPSA) is 91.3 Å². The summed E-state index contributed by atoms with van der Waals surface area (Å²) in [7, 11) is 2.04. The van der Waals surface area contributed by atoms with Gasteiger partial charge < -0.3 is 24.1 Å². The van der Waals surface area contributed by atoms with Crippen LogP contribution in [0, 0.1) is 0 Å². The van der Waals surface area contributed by atoms with E-state index in [4.69, 9.17) is 32.7 Å². The first kappa shape index (κ1) is 38.7. The fraction of sp³-hybridized carbons (Fsp3) is 0.176. The minimum atomic E-state index is -4.81. The third-order valence-corrected chi connectivity index (χ3v) is 7.06. The summed E-state index contributed by atoms with van der Waals surface area (Å²) in [4.78, 5) is 23.1. The zero-order valence-corrected chi connectivity index (χ0v) is 27.2. The highest BCUT2D eigenvalue weighted by atomic mass is 35.5. The molecule has 1 atom stereocenters. The summed E-state index contributed by atoms with van der Waals surface area (Å²) in [6.45, 7) is 4.30. The molecule has 49 heavy (non-hydrogen) atoms. The molecule has 0 heterocycles. The Morgan fingerprint density at radius 1 is 0.633 bits per heavy atom. The van der Waals surface area contributed by atoms with E-state index in [2.05, 4.69) is 16.1 Å². The maximum absolute atomic E-state index is 13.4. The molecule has 0 aliphatic carbocycles. The molecule has 15 heteroatoms. The van der Waals surface area contributed by atoms with Gasteiger partial charge in [0.15, 0.2) is 5.60 Å². The lowest BCUT2D eigenvalue weighted by atomic mass is 9.91. The van der Waals surface area contributed by atoms with Crippen LogP contribution < -0.4 is 9.47 Å². The van der Waals surface area contributed by atoms with Gasteiger partial charge in [0.25, 0.3) is 0 Å². The Bertz CT molecular complexity index is 1800. The average Bonchev–Trinajstić information content (AvgIpc) is 3.05. The first-order valence-electron chi connectivity index (χ1n) is 13.7. The molecule has 0 aliphatic rings. The molecule has 260 valence electrons. The molecule has 0 radical (unpaired) electrons. The van der Waals surface area contributed by atoms with E-state index in [1.54, 1.807) is 12.1 Å². The summed E-state index contributed by atoms with van der Waals surface area (Å²) in [6.07, 6.45) is -9.50. The van der Waals surface area contributed by atoms with Gasteiger partial charge in [0.05, 0.1) is 30.9 Å². The molecule has 0 aliphatic heterocycles. The highest BCUT2D eigenvalue weighted by Crippen LogP contribution is 2.41. The Labute approximate surface area is 286 Å². The van der Waals surface area contributed by atoms with Gasteiger partial charge in [0, 0.05) is 21.2 Å². The standard InChI is InChI=1S/C17H14ClF3O4.C17H12ClF3O3/c1-16(23,15(22)24-2)13-8-7-12(9-14(13)17(19,20)21)25-11-5-3-10(18)4-6-11;1-10(16(22)23-2)14-8-7-13(9-15(14)17(19,20)21)24-12-5-3-11(18)4-6-12/h3-9,23H,1-2H3;3-9H,1H2,2H3. The molecule has 4 aromatic rings. The van der Waals surface area contributed by atoms with Gasteiger partial charge in [-0.15, -0.1) is 0 Å². The fourth-order valence-corrected chi connectivity index (χ4v) is 4.40. The molecule has 7 nitrogen and oxygen atoms in total. The summed E-state index contributed by atoms with van der Waals surface area (Å²) < 4.78 is 99.5. The number of halogens is 8. The molecule has 0 saturated carbocycles. The third kappa shape index (κ3) is 10.1. The van der Waals surface area contributed by atoms with Crippen molar-refractivity contribution >= 4 is 40.7 Å². The summed E-state index contributed by atoms with van der Waals surface area (Å²) in [5.74, 6) is -1.68. The van der Waals surface area contributed by atoms with Gasteiger partial charge in [0.1, 0.15) is 23.0 Å². The van der Waals surface area contributed by atoms with Crippen molar-refractivity contribution in [2.24, 2.45) is 0 Å². The van der Waals surface area contributed by atoms with Crippen LogP contribution in [0.25, 0.3) is 5.57 Å². The number of esters is 2.